The topological polar surface area (TPSA) is 84.7 Å². The number of ether oxygens (including phenoxy) is 1. The number of carbonyl (C=O) groups is 2. The van der Waals surface area contributed by atoms with Crippen molar-refractivity contribution in [3.8, 4) is 5.75 Å². The van der Waals surface area contributed by atoms with E-state index in [0.29, 0.717) is 32.0 Å². The minimum atomic E-state index is -0.0129. The molecule has 2 aliphatic rings. The summed E-state index contributed by atoms with van der Waals surface area (Å²) < 4.78 is 5.14. The largest absolute Gasteiger partial charge is 0.497 e. The number of nitrogens with two attached hydrogens (primary N) is 1. The quantitative estimate of drug-likeness (QED) is 0.755. The maximum absolute atomic E-state index is 12.5. The molecule has 1 aromatic carbocycles. The van der Waals surface area contributed by atoms with Gasteiger partial charge in [-0.25, -0.2) is 0 Å². The average Bonchev–Trinajstić information content (AvgIpc) is 3.11. The summed E-state index contributed by atoms with van der Waals surface area (Å²) >= 11 is 0. The van der Waals surface area contributed by atoms with Gasteiger partial charge in [-0.2, -0.15) is 0 Å². The van der Waals surface area contributed by atoms with E-state index in [4.69, 9.17) is 10.5 Å². The highest BCUT2D eigenvalue weighted by atomic mass is 35.5. The highest BCUT2D eigenvalue weighted by molar-refractivity contribution is 5.85. The van der Waals surface area contributed by atoms with Crippen LogP contribution in [0.15, 0.2) is 24.3 Å². The summed E-state index contributed by atoms with van der Waals surface area (Å²) in [6.07, 6.45) is 5.27. The number of rotatable bonds is 6. The molecule has 1 saturated carbocycles. The van der Waals surface area contributed by atoms with Gasteiger partial charge < -0.3 is 20.7 Å². The fraction of sp³-hybridized carbons (Fsp3) is 0.619. The van der Waals surface area contributed by atoms with E-state index in [0.717, 1.165) is 43.4 Å². The number of hydrogen-bond acceptors (Lipinski definition) is 4. The van der Waals surface area contributed by atoms with Crippen molar-refractivity contribution in [1.82, 2.24) is 10.2 Å². The van der Waals surface area contributed by atoms with Gasteiger partial charge in [0, 0.05) is 38.0 Å². The lowest BCUT2D eigenvalue weighted by molar-refractivity contribution is -0.136. The Bertz CT molecular complexity index is 645. The van der Waals surface area contributed by atoms with Crippen molar-refractivity contribution in [2.45, 2.75) is 51.1 Å². The van der Waals surface area contributed by atoms with Gasteiger partial charge in [-0.15, -0.1) is 12.4 Å². The van der Waals surface area contributed by atoms with Crippen LogP contribution >= 0.6 is 12.4 Å². The number of amides is 2. The van der Waals surface area contributed by atoms with E-state index in [1.807, 2.05) is 29.2 Å². The Balaban J connectivity index is 0.00000280. The molecule has 3 N–H and O–H groups in total. The predicted octanol–water partition coefficient (Wildman–Crippen LogP) is 2.49. The monoisotopic (exact) mass is 409 g/mol. The van der Waals surface area contributed by atoms with Gasteiger partial charge in [0.1, 0.15) is 5.75 Å². The van der Waals surface area contributed by atoms with Crippen LogP contribution in [0.4, 0.5) is 0 Å². The normalized spacial score (nSPS) is 22.4. The van der Waals surface area contributed by atoms with E-state index >= 15 is 0 Å². The molecule has 1 heterocycles. The van der Waals surface area contributed by atoms with Gasteiger partial charge in [-0.3, -0.25) is 9.59 Å². The predicted molar refractivity (Wildman–Crippen MR) is 111 cm³/mol. The molecule has 1 aromatic rings. The second-order valence-electron chi connectivity index (χ2n) is 7.78. The first kappa shape index (κ1) is 22.5. The Kier molecular flexibility index (Phi) is 8.58. The van der Waals surface area contributed by atoms with Crippen molar-refractivity contribution in [1.29, 1.82) is 0 Å². The summed E-state index contributed by atoms with van der Waals surface area (Å²) in [4.78, 5) is 26.9. The zero-order chi connectivity index (χ0) is 19.2. The van der Waals surface area contributed by atoms with Crippen LogP contribution < -0.4 is 15.8 Å². The van der Waals surface area contributed by atoms with Gasteiger partial charge >= 0.3 is 0 Å². The van der Waals surface area contributed by atoms with Crippen molar-refractivity contribution in [3.63, 3.8) is 0 Å². The molecule has 2 fully saturated rings. The number of hydrogen-bond donors (Lipinski definition) is 2. The lowest BCUT2D eigenvalue weighted by Crippen LogP contribution is -2.44. The molecule has 2 atom stereocenters. The van der Waals surface area contributed by atoms with Crippen LogP contribution in [0, 0.1) is 11.8 Å². The van der Waals surface area contributed by atoms with Crippen LogP contribution in [0.1, 0.15) is 44.1 Å². The van der Waals surface area contributed by atoms with Gasteiger partial charge in [-0.05, 0) is 49.3 Å². The lowest BCUT2D eigenvalue weighted by Gasteiger charge is -2.32. The molecule has 0 unspecified atom stereocenters. The molecule has 6 nitrogen and oxygen atoms in total. The number of likely N-dealkylation sites (tertiary alicyclic amines) is 1. The van der Waals surface area contributed by atoms with Crippen LogP contribution in [0.3, 0.4) is 0 Å². The fourth-order valence-corrected chi connectivity index (χ4v) is 4.14. The highest BCUT2D eigenvalue weighted by Crippen LogP contribution is 2.28. The Morgan fingerprint density at radius 1 is 1.14 bits per heavy atom. The molecule has 28 heavy (non-hydrogen) atoms. The molecule has 156 valence electrons. The zero-order valence-corrected chi connectivity index (χ0v) is 17.4. The van der Waals surface area contributed by atoms with Crippen molar-refractivity contribution >= 4 is 24.2 Å². The standard InChI is InChI=1S/C21H31N3O3.ClH/c1-27-18-7-5-15(6-8-18)14-23-21(26)16-9-11-24(12-10-16)20(25)13-17-3-2-4-19(17)22;/h5-8,16-17,19H,2-4,9-14,22H2,1H3,(H,23,26);1H/t17-,19+;/m0./s1. The van der Waals surface area contributed by atoms with Gasteiger partial charge in [0.15, 0.2) is 0 Å². The maximum Gasteiger partial charge on any atom is 0.223 e. The van der Waals surface area contributed by atoms with E-state index < -0.39 is 0 Å². The molecular formula is C21H32ClN3O3. The highest BCUT2D eigenvalue weighted by Gasteiger charge is 2.31. The SMILES string of the molecule is COc1ccc(CNC(=O)C2CCN(C(=O)C[C@@H]3CCC[C@H]3N)CC2)cc1.Cl. The first-order valence-corrected chi connectivity index (χ1v) is 10.0. The number of carbonyl (C=O) groups excluding carboxylic acids is 2. The Labute approximate surface area is 173 Å². The van der Waals surface area contributed by atoms with Crippen LogP contribution in [-0.2, 0) is 16.1 Å². The number of piperidine rings is 1. The first-order valence-electron chi connectivity index (χ1n) is 10.0. The number of methoxy groups -OCH3 is 1. The minimum absolute atomic E-state index is 0. The molecule has 0 spiro atoms. The molecule has 3 rings (SSSR count). The van der Waals surface area contributed by atoms with E-state index in [1.54, 1.807) is 7.11 Å². The summed E-state index contributed by atoms with van der Waals surface area (Å²) in [5.41, 5.74) is 7.13. The molecule has 1 aliphatic heterocycles. The van der Waals surface area contributed by atoms with Crippen LogP contribution in [-0.4, -0.2) is 43.0 Å². The second-order valence-corrected chi connectivity index (χ2v) is 7.78. The molecule has 2 amide bonds. The molecule has 0 radical (unpaired) electrons. The third kappa shape index (κ3) is 5.85. The van der Waals surface area contributed by atoms with E-state index in [-0.39, 0.29) is 36.2 Å². The number of halogens is 1. The van der Waals surface area contributed by atoms with Crippen LogP contribution in [0.25, 0.3) is 0 Å². The van der Waals surface area contributed by atoms with Gasteiger partial charge in [-0.1, -0.05) is 18.6 Å². The van der Waals surface area contributed by atoms with Crippen molar-refractivity contribution in [2.24, 2.45) is 17.6 Å². The third-order valence-electron chi connectivity index (χ3n) is 6.00. The average molecular weight is 410 g/mol. The summed E-state index contributed by atoms with van der Waals surface area (Å²) in [5, 5.41) is 3.02. The van der Waals surface area contributed by atoms with Crippen molar-refractivity contribution < 1.29 is 14.3 Å². The number of nitrogens with one attached hydrogen (secondary N) is 1. The fourth-order valence-electron chi connectivity index (χ4n) is 4.14. The summed E-state index contributed by atoms with van der Waals surface area (Å²) in [6.45, 7) is 1.85. The Hall–Kier alpha value is -1.79. The maximum atomic E-state index is 12.5. The molecular weight excluding hydrogens is 378 g/mol. The van der Waals surface area contributed by atoms with Gasteiger partial charge in [0.25, 0.3) is 0 Å². The van der Waals surface area contributed by atoms with Crippen LogP contribution in [0.5, 0.6) is 5.75 Å². The summed E-state index contributed by atoms with van der Waals surface area (Å²) in [7, 11) is 1.63. The number of nitrogens with zero attached hydrogens (tertiary/aromatic N) is 1. The molecule has 0 bridgehead atoms. The minimum Gasteiger partial charge on any atom is -0.497 e. The Morgan fingerprint density at radius 2 is 1.82 bits per heavy atom. The zero-order valence-electron chi connectivity index (χ0n) is 16.6. The summed E-state index contributed by atoms with van der Waals surface area (Å²) in [6, 6.07) is 7.86. The smallest absolute Gasteiger partial charge is 0.223 e. The van der Waals surface area contributed by atoms with Crippen molar-refractivity contribution in [2.75, 3.05) is 20.2 Å². The first-order chi connectivity index (χ1) is 13.1. The van der Waals surface area contributed by atoms with E-state index in [1.165, 1.54) is 0 Å². The third-order valence-corrected chi connectivity index (χ3v) is 6.00. The van der Waals surface area contributed by atoms with E-state index in [9.17, 15) is 9.59 Å². The van der Waals surface area contributed by atoms with E-state index in [2.05, 4.69) is 5.32 Å². The molecule has 0 aromatic heterocycles. The summed E-state index contributed by atoms with van der Waals surface area (Å²) in [5.74, 6) is 1.41. The molecule has 1 saturated heterocycles. The molecule has 7 heteroatoms. The van der Waals surface area contributed by atoms with Gasteiger partial charge in [0.05, 0.1) is 7.11 Å². The van der Waals surface area contributed by atoms with Crippen LogP contribution in [0.2, 0.25) is 0 Å². The van der Waals surface area contributed by atoms with Crippen molar-refractivity contribution in [3.05, 3.63) is 29.8 Å². The second kappa shape index (κ2) is 10.7. The number of benzene rings is 1. The Morgan fingerprint density at radius 3 is 2.39 bits per heavy atom. The van der Waals surface area contributed by atoms with Gasteiger partial charge in [0.2, 0.25) is 11.8 Å². The lowest BCUT2D eigenvalue weighted by atomic mass is 9.94. The molecule has 1 aliphatic carbocycles.